The summed E-state index contributed by atoms with van der Waals surface area (Å²) in [6.45, 7) is -0.521. The van der Waals surface area contributed by atoms with Crippen molar-refractivity contribution in [3.8, 4) is 12.3 Å². The minimum atomic E-state index is -0.521. The van der Waals surface area contributed by atoms with Gasteiger partial charge >= 0.3 is 0 Å². The van der Waals surface area contributed by atoms with E-state index in [1.165, 1.54) is 11.3 Å². The van der Waals surface area contributed by atoms with Crippen molar-refractivity contribution in [2.75, 3.05) is 0 Å². The lowest BCUT2D eigenvalue weighted by Gasteiger charge is -1.76. The van der Waals surface area contributed by atoms with Gasteiger partial charge in [0.2, 0.25) is 0 Å². The average Bonchev–Trinajstić information content (AvgIpc) is 2.34. The van der Waals surface area contributed by atoms with Crippen LogP contribution in [-0.4, -0.2) is 4.98 Å². The van der Waals surface area contributed by atoms with E-state index in [4.69, 9.17) is 6.42 Å². The molecule has 0 bridgehead atoms. The first kappa shape index (κ1) is 6.24. The van der Waals surface area contributed by atoms with Gasteiger partial charge in [-0.3, -0.25) is 0 Å². The summed E-state index contributed by atoms with van der Waals surface area (Å²) in [6, 6.07) is 0. The molecule has 9 heavy (non-hydrogen) atoms. The lowest BCUT2D eigenvalue weighted by molar-refractivity contribution is 0.483. The number of terminal acetylenes is 1. The molecule has 0 aliphatic carbocycles. The fourth-order valence-corrected chi connectivity index (χ4v) is 1.02. The highest BCUT2D eigenvalue weighted by atomic mass is 32.1. The molecule has 0 unspecified atom stereocenters. The molecule has 3 heteroatoms. The second-order valence-electron chi connectivity index (χ2n) is 1.40. The number of hydrogen-bond acceptors (Lipinski definition) is 2. The van der Waals surface area contributed by atoms with Crippen molar-refractivity contribution in [1.82, 2.24) is 4.98 Å². The molecule has 46 valence electrons. The quantitative estimate of drug-likeness (QED) is 0.541. The summed E-state index contributed by atoms with van der Waals surface area (Å²) in [5, 5.41) is 2.11. The van der Waals surface area contributed by atoms with Gasteiger partial charge in [-0.25, -0.2) is 9.37 Å². The van der Waals surface area contributed by atoms with E-state index in [2.05, 4.69) is 10.9 Å². The Balaban J connectivity index is 2.90. The van der Waals surface area contributed by atoms with Crippen LogP contribution in [0.5, 0.6) is 0 Å². The SMILES string of the molecule is C#Cc1csc(CF)n1. The molecular formula is C6H4FNS. The number of halogens is 1. The van der Waals surface area contributed by atoms with Crippen molar-refractivity contribution >= 4 is 11.3 Å². The second kappa shape index (κ2) is 2.60. The van der Waals surface area contributed by atoms with Crippen molar-refractivity contribution in [2.24, 2.45) is 0 Å². The number of alkyl halides is 1. The fourth-order valence-electron chi connectivity index (χ4n) is 0.439. The molecule has 0 amide bonds. The Hall–Kier alpha value is -0.880. The topological polar surface area (TPSA) is 12.9 Å². The number of nitrogens with zero attached hydrogens (tertiary/aromatic N) is 1. The van der Waals surface area contributed by atoms with Crippen molar-refractivity contribution in [3.05, 3.63) is 16.1 Å². The summed E-state index contributed by atoms with van der Waals surface area (Å²) in [5.41, 5.74) is 0.521. The Bertz CT molecular complexity index is 235. The Labute approximate surface area is 56.6 Å². The lowest BCUT2D eigenvalue weighted by Crippen LogP contribution is -1.75. The zero-order valence-corrected chi connectivity index (χ0v) is 5.41. The first-order valence-corrected chi connectivity index (χ1v) is 3.21. The summed E-state index contributed by atoms with van der Waals surface area (Å²) in [5.74, 6) is 2.31. The van der Waals surface area contributed by atoms with Crippen LogP contribution in [0, 0.1) is 12.3 Å². The summed E-state index contributed by atoms with van der Waals surface area (Å²) in [4.78, 5) is 3.75. The molecule has 1 rings (SSSR count). The minimum Gasteiger partial charge on any atom is -0.243 e. The maximum Gasteiger partial charge on any atom is 0.141 e. The van der Waals surface area contributed by atoms with Crippen molar-refractivity contribution in [2.45, 2.75) is 6.67 Å². The molecule has 1 heterocycles. The molecule has 0 spiro atoms. The molecule has 0 N–H and O–H groups in total. The van der Waals surface area contributed by atoms with Crippen LogP contribution < -0.4 is 0 Å². The molecule has 0 saturated carbocycles. The number of hydrogen-bond donors (Lipinski definition) is 0. The van der Waals surface area contributed by atoms with E-state index >= 15 is 0 Å². The number of rotatable bonds is 1. The van der Waals surface area contributed by atoms with Gasteiger partial charge < -0.3 is 0 Å². The molecular weight excluding hydrogens is 137 g/mol. The third-order valence-corrected chi connectivity index (χ3v) is 1.63. The summed E-state index contributed by atoms with van der Waals surface area (Å²) < 4.78 is 11.8. The molecule has 0 aliphatic heterocycles. The monoisotopic (exact) mass is 141 g/mol. The van der Waals surface area contributed by atoms with Crippen LogP contribution in [0.1, 0.15) is 10.7 Å². The predicted molar refractivity (Wildman–Crippen MR) is 34.9 cm³/mol. The van der Waals surface area contributed by atoms with Gasteiger partial charge in [0.15, 0.2) is 0 Å². The molecule has 0 radical (unpaired) electrons. The van der Waals surface area contributed by atoms with Gasteiger partial charge in [-0.1, -0.05) is 0 Å². The summed E-state index contributed by atoms with van der Waals surface area (Å²) in [7, 11) is 0. The summed E-state index contributed by atoms with van der Waals surface area (Å²) >= 11 is 1.25. The first-order chi connectivity index (χ1) is 4.36. The zero-order valence-electron chi connectivity index (χ0n) is 4.60. The Kier molecular flexibility index (Phi) is 1.81. The average molecular weight is 141 g/mol. The number of aromatic nitrogens is 1. The molecule has 0 aliphatic rings. The van der Waals surface area contributed by atoms with Crippen LogP contribution in [-0.2, 0) is 6.67 Å². The van der Waals surface area contributed by atoms with E-state index in [0.29, 0.717) is 10.7 Å². The second-order valence-corrected chi connectivity index (χ2v) is 2.35. The standard InChI is InChI=1S/C6H4FNS/c1-2-5-4-9-6(3-7)8-5/h1,4H,3H2. The first-order valence-electron chi connectivity index (χ1n) is 2.34. The van der Waals surface area contributed by atoms with Crippen LogP contribution in [0.2, 0.25) is 0 Å². The normalized spacial score (nSPS) is 8.89. The maximum absolute atomic E-state index is 11.8. The van der Waals surface area contributed by atoms with Crippen LogP contribution in [0.15, 0.2) is 5.38 Å². The van der Waals surface area contributed by atoms with Gasteiger partial charge in [0.05, 0.1) is 0 Å². The van der Waals surface area contributed by atoms with Crippen LogP contribution >= 0.6 is 11.3 Å². The maximum atomic E-state index is 11.8. The number of thiazole rings is 1. The third kappa shape index (κ3) is 1.27. The van der Waals surface area contributed by atoms with E-state index in [1.54, 1.807) is 5.38 Å². The molecule has 1 aromatic heterocycles. The molecule has 1 aromatic rings. The van der Waals surface area contributed by atoms with Crippen molar-refractivity contribution < 1.29 is 4.39 Å². The van der Waals surface area contributed by atoms with E-state index < -0.39 is 6.67 Å². The Morgan fingerprint density at radius 3 is 3.00 bits per heavy atom. The highest BCUT2D eigenvalue weighted by molar-refractivity contribution is 7.09. The van der Waals surface area contributed by atoms with Gasteiger partial charge in [0.25, 0.3) is 0 Å². The van der Waals surface area contributed by atoms with Crippen LogP contribution in [0.25, 0.3) is 0 Å². The van der Waals surface area contributed by atoms with Gasteiger partial charge in [0, 0.05) is 5.38 Å². The smallest absolute Gasteiger partial charge is 0.141 e. The Morgan fingerprint density at radius 2 is 2.67 bits per heavy atom. The van der Waals surface area contributed by atoms with Gasteiger partial charge in [-0.2, -0.15) is 0 Å². The largest absolute Gasteiger partial charge is 0.243 e. The minimum absolute atomic E-state index is 0.447. The zero-order chi connectivity index (χ0) is 6.69. The summed E-state index contributed by atoms with van der Waals surface area (Å²) in [6.07, 6.45) is 4.99. The van der Waals surface area contributed by atoms with Gasteiger partial charge in [-0.05, 0) is 5.92 Å². The fraction of sp³-hybridized carbons (Fsp3) is 0.167. The van der Waals surface area contributed by atoms with Crippen molar-refractivity contribution in [3.63, 3.8) is 0 Å². The molecule has 1 nitrogen and oxygen atoms in total. The van der Waals surface area contributed by atoms with E-state index in [0.717, 1.165) is 0 Å². The molecule has 0 fully saturated rings. The molecule has 0 aromatic carbocycles. The van der Waals surface area contributed by atoms with Gasteiger partial charge in [0.1, 0.15) is 17.4 Å². The lowest BCUT2D eigenvalue weighted by atomic mass is 10.5. The highest BCUT2D eigenvalue weighted by Gasteiger charge is 1.95. The highest BCUT2D eigenvalue weighted by Crippen LogP contribution is 2.08. The van der Waals surface area contributed by atoms with E-state index in [9.17, 15) is 4.39 Å². The van der Waals surface area contributed by atoms with Crippen molar-refractivity contribution in [1.29, 1.82) is 0 Å². The third-order valence-electron chi connectivity index (χ3n) is 0.814. The Morgan fingerprint density at radius 1 is 1.89 bits per heavy atom. The van der Waals surface area contributed by atoms with E-state index in [1.807, 2.05) is 0 Å². The van der Waals surface area contributed by atoms with Crippen LogP contribution in [0.3, 0.4) is 0 Å². The predicted octanol–water partition coefficient (Wildman–Crippen LogP) is 1.59. The van der Waals surface area contributed by atoms with Crippen LogP contribution in [0.4, 0.5) is 4.39 Å². The molecule has 0 saturated heterocycles. The van der Waals surface area contributed by atoms with Gasteiger partial charge in [-0.15, -0.1) is 17.8 Å². The molecule has 0 atom stereocenters. The van der Waals surface area contributed by atoms with E-state index in [-0.39, 0.29) is 0 Å².